The number of ether oxygens (including phenoxy) is 1. The number of benzene rings is 1. The maximum atomic E-state index is 12.2. The number of sulfonamides is 1. The summed E-state index contributed by atoms with van der Waals surface area (Å²) in [6.07, 6.45) is 0. The summed E-state index contributed by atoms with van der Waals surface area (Å²) in [5.74, 6) is 0.360. The first-order valence-electron chi connectivity index (χ1n) is 6.57. The van der Waals surface area contributed by atoms with Gasteiger partial charge in [0.05, 0.1) is 11.5 Å². The van der Waals surface area contributed by atoms with E-state index in [1.54, 1.807) is 0 Å². The van der Waals surface area contributed by atoms with Crippen molar-refractivity contribution in [2.45, 2.75) is 25.7 Å². The monoisotopic (exact) mass is 316 g/mol. The molecular weight excluding hydrogens is 296 g/mol. The lowest BCUT2D eigenvalue weighted by atomic mass is 10.2. The number of aryl methyl sites for hydroxylation is 1. The van der Waals surface area contributed by atoms with Crippen molar-refractivity contribution in [1.82, 2.24) is 4.72 Å². The molecule has 0 aliphatic carbocycles. The fourth-order valence-corrected chi connectivity index (χ4v) is 3.18. The molecule has 1 N–H and O–H groups in total. The van der Waals surface area contributed by atoms with Gasteiger partial charge in [0.25, 0.3) is 5.69 Å². The summed E-state index contributed by atoms with van der Waals surface area (Å²) in [4.78, 5) is 9.97. The van der Waals surface area contributed by atoms with E-state index in [0.29, 0.717) is 18.1 Å². The Hall–Kier alpha value is -1.51. The Kier molecular flexibility index (Phi) is 6.25. The van der Waals surface area contributed by atoms with E-state index in [1.165, 1.54) is 25.1 Å². The minimum Gasteiger partial charge on any atom is -0.380 e. The highest BCUT2D eigenvalue weighted by Gasteiger charge is 2.27. The number of rotatable bonds is 8. The minimum atomic E-state index is -3.94. The molecular formula is C13H20N2O5S. The summed E-state index contributed by atoms with van der Waals surface area (Å²) >= 11 is 0. The number of hydrogen-bond donors (Lipinski definition) is 1. The SMILES string of the molecule is Cc1cccc([N+](=O)[O-])c1S(=O)(=O)NCCOCC(C)C. The molecule has 0 heterocycles. The van der Waals surface area contributed by atoms with E-state index in [2.05, 4.69) is 4.72 Å². The summed E-state index contributed by atoms with van der Waals surface area (Å²) in [6.45, 7) is 6.32. The van der Waals surface area contributed by atoms with Gasteiger partial charge in [0.1, 0.15) is 0 Å². The number of nitrogens with one attached hydrogen (secondary N) is 1. The van der Waals surface area contributed by atoms with Crippen LogP contribution in [0.2, 0.25) is 0 Å². The van der Waals surface area contributed by atoms with Gasteiger partial charge in [0.15, 0.2) is 4.90 Å². The van der Waals surface area contributed by atoms with Gasteiger partial charge >= 0.3 is 0 Å². The highest BCUT2D eigenvalue weighted by atomic mass is 32.2. The van der Waals surface area contributed by atoms with Crippen LogP contribution in [-0.2, 0) is 14.8 Å². The Balaban J connectivity index is 2.82. The number of nitro benzene ring substituents is 1. The zero-order valence-corrected chi connectivity index (χ0v) is 13.1. The van der Waals surface area contributed by atoms with Crippen molar-refractivity contribution in [3.8, 4) is 0 Å². The Morgan fingerprint density at radius 3 is 2.62 bits per heavy atom. The van der Waals surface area contributed by atoms with Gasteiger partial charge in [-0.1, -0.05) is 26.0 Å². The Bertz CT molecular complexity index is 599. The fraction of sp³-hybridized carbons (Fsp3) is 0.538. The van der Waals surface area contributed by atoms with Crippen LogP contribution >= 0.6 is 0 Å². The molecule has 0 aliphatic heterocycles. The quantitative estimate of drug-likeness (QED) is 0.448. The molecule has 0 bridgehead atoms. The summed E-state index contributed by atoms with van der Waals surface area (Å²) in [6, 6.07) is 4.16. The van der Waals surface area contributed by atoms with Crippen molar-refractivity contribution in [3.05, 3.63) is 33.9 Å². The number of nitrogens with zero attached hydrogens (tertiary/aromatic N) is 1. The molecule has 0 amide bonds. The first-order valence-corrected chi connectivity index (χ1v) is 8.05. The van der Waals surface area contributed by atoms with E-state index in [-0.39, 0.29) is 18.0 Å². The Morgan fingerprint density at radius 1 is 1.38 bits per heavy atom. The van der Waals surface area contributed by atoms with Gasteiger partial charge in [-0.2, -0.15) is 0 Å². The zero-order chi connectivity index (χ0) is 16.0. The van der Waals surface area contributed by atoms with Crippen LogP contribution < -0.4 is 4.72 Å². The molecule has 8 heteroatoms. The third kappa shape index (κ3) is 5.07. The molecule has 118 valence electrons. The molecule has 1 rings (SSSR count). The van der Waals surface area contributed by atoms with Gasteiger partial charge in [-0.05, 0) is 18.4 Å². The standard InChI is InChI=1S/C13H20N2O5S/c1-10(2)9-20-8-7-14-21(18,19)13-11(3)5-4-6-12(13)15(16)17/h4-6,10,14H,7-9H2,1-3H3. The zero-order valence-electron chi connectivity index (χ0n) is 12.3. The molecule has 0 saturated carbocycles. The van der Waals surface area contributed by atoms with E-state index in [4.69, 9.17) is 4.74 Å². The first-order chi connectivity index (χ1) is 9.75. The molecule has 0 unspecified atom stereocenters. The van der Waals surface area contributed by atoms with E-state index < -0.39 is 20.6 Å². The van der Waals surface area contributed by atoms with Crippen molar-refractivity contribution >= 4 is 15.7 Å². The summed E-state index contributed by atoms with van der Waals surface area (Å²) in [7, 11) is -3.94. The van der Waals surface area contributed by atoms with Crippen LogP contribution in [0.3, 0.4) is 0 Å². The second-order valence-corrected chi connectivity index (χ2v) is 6.75. The van der Waals surface area contributed by atoms with Gasteiger partial charge in [-0.3, -0.25) is 10.1 Å². The summed E-state index contributed by atoms with van der Waals surface area (Å²) in [5, 5.41) is 11.0. The normalized spacial score (nSPS) is 11.8. The van der Waals surface area contributed by atoms with E-state index in [0.717, 1.165) is 0 Å². The highest BCUT2D eigenvalue weighted by Crippen LogP contribution is 2.26. The average Bonchev–Trinajstić information content (AvgIpc) is 2.37. The van der Waals surface area contributed by atoms with Gasteiger partial charge in [-0.25, -0.2) is 13.1 Å². The van der Waals surface area contributed by atoms with Crippen LogP contribution in [0, 0.1) is 23.0 Å². The smallest absolute Gasteiger partial charge is 0.289 e. The second-order valence-electron chi connectivity index (χ2n) is 5.05. The van der Waals surface area contributed by atoms with Crippen molar-refractivity contribution < 1.29 is 18.1 Å². The Morgan fingerprint density at radius 2 is 2.05 bits per heavy atom. The molecule has 0 aliphatic rings. The molecule has 0 fully saturated rings. The van der Waals surface area contributed by atoms with Gasteiger partial charge in [0, 0.05) is 19.2 Å². The maximum Gasteiger partial charge on any atom is 0.289 e. The van der Waals surface area contributed by atoms with Crippen molar-refractivity contribution in [2.75, 3.05) is 19.8 Å². The van der Waals surface area contributed by atoms with Crippen LogP contribution in [0.25, 0.3) is 0 Å². The number of nitro groups is 1. The van der Waals surface area contributed by atoms with Crippen molar-refractivity contribution in [2.24, 2.45) is 5.92 Å². The maximum absolute atomic E-state index is 12.2. The van der Waals surface area contributed by atoms with E-state index in [9.17, 15) is 18.5 Å². The minimum absolute atomic E-state index is 0.0700. The van der Waals surface area contributed by atoms with Gasteiger partial charge in [0.2, 0.25) is 10.0 Å². The second kappa shape index (κ2) is 7.48. The third-order valence-corrected chi connectivity index (χ3v) is 4.30. The fourth-order valence-electron chi connectivity index (χ4n) is 1.77. The lowest BCUT2D eigenvalue weighted by Crippen LogP contribution is -2.29. The average molecular weight is 316 g/mol. The predicted octanol–water partition coefficient (Wildman–Crippen LogP) is 1.85. The van der Waals surface area contributed by atoms with Crippen molar-refractivity contribution in [3.63, 3.8) is 0 Å². The van der Waals surface area contributed by atoms with Crippen molar-refractivity contribution in [1.29, 1.82) is 0 Å². The van der Waals surface area contributed by atoms with Crippen LogP contribution in [0.1, 0.15) is 19.4 Å². The van der Waals surface area contributed by atoms with Gasteiger partial charge in [-0.15, -0.1) is 0 Å². The largest absolute Gasteiger partial charge is 0.380 e. The van der Waals surface area contributed by atoms with E-state index >= 15 is 0 Å². The molecule has 0 spiro atoms. The Labute approximate surface area is 124 Å². The summed E-state index contributed by atoms with van der Waals surface area (Å²) in [5.41, 5.74) is -0.0922. The predicted molar refractivity (Wildman–Crippen MR) is 78.7 cm³/mol. The molecule has 0 aromatic heterocycles. The van der Waals surface area contributed by atoms with Crippen LogP contribution in [0.5, 0.6) is 0 Å². The third-order valence-electron chi connectivity index (χ3n) is 2.65. The van der Waals surface area contributed by atoms with Crippen LogP contribution in [0.15, 0.2) is 23.1 Å². The molecule has 7 nitrogen and oxygen atoms in total. The van der Waals surface area contributed by atoms with Gasteiger partial charge < -0.3 is 4.74 Å². The lowest BCUT2D eigenvalue weighted by molar-refractivity contribution is -0.387. The van der Waals surface area contributed by atoms with E-state index in [1.807, 2.05) is 13.8 Å². The first kappa shape index (κ1) is 17.5. The number of hydrogen-bond acceptors (Lipinski definition) is 5. The molecule has 1 aromatic rings. The molecule has 1 aromatic carbocycles. The highest BCUT2D eigenvalue weighted by molar-refractivity contribution is 7.89. The molecule has 0 saturated heterocycles. The lowest BCUT2D eigenvalue weighted by Gasteiger charge is -2.10. The summed E-state index contributed by atoms with van der Waals surface area (Å²) < 4.78 is 32.0. The van der Waals surface area contributed by atoms with Crippen LogP contribution in [0.4, 0.5) is 5.69 Å². The molecule has 21 heavy (non-hydrogen) atoms. The topological polar surface area (TPSA) is 98.5 Å². The molecule has 0 radical (unpaired) electrons. The van der Waals surface area contributed by atoms with Crippen LogP contribution in [-0.4, -0.2) is 33.1 Å². The molecule has 0 atom stereocenters.